The molecule has 2 amide bonds. The highest BCUT2D eigenvalue weighted by Gasteiger charge is 2.31. The average Bonchev–Trinajstić information content (AvgIpc) is 2.87. The predicted octanol–water partition coefficient (Wildman–Crippen LogP) is 4.27. The predicted molar refractivity (Wildman–Crippen MR) is 100 cm³/mol. The minimum atomic E-state index is -0.224. The van der Waals surface area contributed by atoms with Crippen molar-refractivity contribution in [1.29, 1.82) is 0 Å². The van der Waals surface area contributed by atoms with Gasteiger partial charge in [-0.2, -0.15) is 0 Å². The minimum Gasteiger partial charge on any atom is -0.324 e. The fourth-order valence-corrected chi connectivity index (χ4v) is 3.10. The number of anilines is 1. The van der Waals surface area contributed by atoms with Crippen LogP contribution in [0.5, 0.6) is 0 Å². The Morgan fingerprint density at radius 1 is 1.12 bits per heavy atom. The largest absolute Gasteiger partial charge is 0.324 e. The van der Waals surface area contributed by atoms with Gasteiger partial charge in [-0.1, -0.05) is 56.8 Å². The summed E-state index contributed by atoms with van der Waals surface area (Å²) in [5.74, 6) is -0.0480. The normalized spacial score (nSPS) is 14.4. The van der Waals surface area contributed by atoms with Gasteiger partial charge in [0.05, 0.1) is 0 Å². The van der Waals surface area contributed by atoms with Crippen LogP contribution >= 0.6 is 0 Å². The van der Waals surface area contributed by atoms with Crippen LogP contribution in [0.25, 0.3) is 5.70 Å². The first-order valence-electron chi connectivity index (χ1n) is 8.51. The maximum atomic E-state index is 12.5. The number of carbonyl (C=O) groups is 2. The first kappa shape index (κ1) is 17.0. The van der Waals surface area contributed by atoms with Crippen LogP contribution in [-0.4, -0.2) is 23.3 Å². The van der Waals surface area contributed by atoms with E-state index >= 15 is 0 Å². The summed E-state index contributed by atoms with van der Waals surface area (Å²) in [6.07, 6.45) is 0.990. The fourth-order valence-electron chi connectivity index (χ4n) is 3.10. The van der Waals surface area contributed by atoms with Crippen molar-refractivity contribution in [2.75, 3.05) is 11.9 Å². The van der Waals surface area contributed by atoms with E-state index in [1.165, 1.54) is 4.90 Å². The van der Waals surface area contributed by atoms with E-state index in [0.29, 0.717) is 17.2 Å². The lowest BCUT2D eigenvalue weighted by Gasteiger charge is -2.19. The fraction of sp³-hybridized carbons (Fsp3) is 0.238. The van der Waals surface area contributed by atoms with Gasteiger partial charge in [-0.05, 0) is 30.0 Å². The number of carbonyl (C=O) groups excluding carboxylic acids is 2. The standard InChI is InChI=1S/C21H22N2O2/c1-4-14(2)16-9-7-8-12-19(16)22-20(24)13-23-15(3)17-10-5-6-11-18(17)21(23)25/h5-12,14H,3-4,13H2,1-2H3,(H,22,24)/t14-/m0/s1. The van der Waals surface area contributed by atoms with Crippen molar-refractivity contribution < 1.29 is 9.59 Å². The molecule has 0 aromatic heterocycles. The molecule has 1 aliphatic rings. The van der Waals surface area contributed by atoms with Crippen LogP contribution in [0.4, 0.5) is 5.69 Å². The van der Waals surface area contributed by atoms with Crippen LogP contribution in [0.1, 0.15) is 47.7 Å². The van der Waals surface area contributed by atoms with Crippen molar-refractivity contribution in [3.05, 3.63) is 71.8 Å². The molecule has 0 spiro atoms. The highest BCUT2D eigenvalue weighted by molar-refractivity contribution is 6.11. The molecule has 1 N–H and O–H groups in total. The number of amides is 2. The van der Waals surface area contributed by atoms with Crippen LogP contribution in [0.15, 0.2) is 55.1 Å². The zero-order valence-electron chi connectivity index (χ0n) is 14.6. The van der Waals surface area contributed by atoms with Crippen molar-refractivity contribution in [2.45, 2.75) is 26.2 Å². The van der Waals surface area contributed by atoms with Gasteiger partial charge in [0.1, 0.15) is 6.54 Å². The molecule has 1 aliphatic heterocycles. The number of fused-ring (bicyclic) bond motifs is 1. The summed E-state index contributed by atoms with van der Waals surface area (Å²) in [4.78, 5) is 26.5. The molecule has 0 unspecified atom stereocenters. The Bertz CT molecular complexity index is 806. The van der Waals surface area contributed by atoms with E-state index in [4.69, 9.17) is 0 Å². The second-order valence-corrected chi connectivity index (χ2v) is 6.33. The van der Waals surface area contributed by atoms with E-state index in [-0.39, 0.29) is 18.4 Å². The lowest BCUT2D eigenvalue weighted by Crippen LogP contribution is -2.33. The monoisotopic (exact) mass is 334 g/mol. The van der Waals surface area contributed by atoms with Crippen LogP contribution in [0.2, 0.25) is 0 Å². The zero-order chi connectivity index (χ0) is 18.0. The Kier molecular flexibility index (Phi) is 4.70. The molecule has 1 heterocycles. The maximum absolute atomic E-state index is 12.5. The summed E-state index contributed by atoms with van der Waals surface area (Å²) in [6, 6.07) is 15.1. The minimum absolute atomic E-state index is 0.0405. The van der Waals surface area contributed by atoms with Crippen LogP contribution in [-0.2, 0) is 4.79 Å². The molecule has 0 aliphatic carbocycles. The second kappa shape index (κ2) is 6.93. The van der Waals surface area contributed by atoms with Gasteiger partial charge in [0.2, 0.25) is 5.91 Å². The molecule has 0 radical (unpaired) electrons. The molecule has 128 valence electrons. The number of nitrogens with zero attached hydrogens (tertiary/aromatic N) is 1. The molecule has 4 heteroatoms. The third kappa shape index (κ3) is 3.20. The molecule has 25 heavy (non-hydrogen) atoms. The lowest BCUT2D eigenvalue weighted by atomic mass is 9.97. The molecule has 2 aromatic carbocycles. The lowest BCUT2D eigenvalue weighted by molar-refractivity contribution is -0.116. The van der Waals surface area contributed by atoms with Gasteiger partial charge in [-0.15, -0.1) is 0 Å². The second-order valence-electron chi connectivity index (χ2n) is 6.33. The first-order chi connectivity index (χ1) is 12.0. The van der Waals surface area contributed by atoms with Crippen molar-refractivity contribution in [1.82, 2.24) is 4.90 Å². The first-order valence-corrected chi connectivity index (χ1v) is 8.51. The number of para-hydroxylation sites is 1. The van der Waals surface area contributed by atoms with Gasteiger partial charge in [0.15, 0.2) is 0 Å². The van der Waals surface area contributed by atoms with E-state index in [9.17, 15) is 9.59 Å². The van der Waals surface area contributed by atoms with Crippen LogP contribution in [0, 0.1) is 0 Å². The van der Waals surface area contributed by atoms with Gasteiger partial charge in [0.25, 0.3) is 5.91 Å². The molecule has 0 fully saturated rings. The molecule has 3 rings (SSSR count). The van der Waals surface area contributed by atoms with E-state index in [0.717, 1.165) is 23.2 Å². The van der Waals surface area contributed by atoms with Crippen LogP contribution in [0.3, 0.4) is 0 Å². The molecular weight excluding hydrogens is 312 g/mol. The van der Waals surface area contributed by atoms with E-state index < -0.39 is 0 Å². The Labute approximate surface area is 148 Å². The van der Waals surface area contributed by atoms with Crippen LogP contribution < -0.4 is 5.32 Å². The van der Waals surface area contributed by atoms with E-state index in [2.05, 4.69) is 25.7 Å². The number of rotatable bonds is 5. The van der Waals surface area contributed by atoms with Crippen molar-refractivity contribution >= 4 is 23.2 Å². The topological polar surface area (TPSA) is 49.4 Å². The summed E-state index contributed by atoms with van der Waals surface area (Å²) in [6.45, 7) is 8.18. The maximum Gasteiger partial charge on any atom is 0.259 e. The number of nitrogens with one attached hydrogen (secondary N) is 1. The Morgan fingerprint density at radius 3 is 2.44 bits per heavy atom. The summed E-state index contributed by atoms with van der Waals surface area (Å²) < 4.78 is 0. The molecule has 4 nitrogen and oxygen atoms in total. The molecule has 1 atom stereocenters. The third-order valence-corrected chi connectivity index (χ3v) is 4.72. The number of hydrogen-bond acceptors (Lipinski definition) is 2. The average molecular weight is 334 g/mol. The number of hydrogen-bond donors (Lipinski definition) is 1. The summed E-state index contributed by atoms with van der Waals surface area (Å²) >= 11 is 0. The van der Waals surface area contributed by atoms with Crippen molar-refractivity contribution in [3.8, 4) is 0 Å². The summed E-state index contributed by atoms with van der Waals surface area (Å²) in [7, 11) is 0. The summed E-state index contributed by atoms with van der Waals surface area (Å²) in [5.41, 5.74) is 3.87. The quantitative estimate of drug-likeness (QED) is 0.888. The Morgan fingerprint density at radius 2 is 1.76 bits per heavy atom. The SMILES string of the molecule is C=C1c2ccccc2C(=O)N1CC(=O)Nc1ccccc1[C@@H](C)CC. The van der Waals surface area contributed by atoms with E-state index in [1.807, 2.05) is 42.5 Å². The summed E-state index contributed by atoms with van der Waals surface area (Å²) in [5, 5.41) is 2.95. The van der Waals surface area contributed by atoms with Gasteiger partial charge in [0, 0.05) is 22.5 Å². The van der Waals surface area contributed by atoms with Gasteiger partial charge in [-0.25, -0.2) is 0 Å². The smallest absolute Gasteiger partial charge is 0.259 e. The molecule has 0 bridgehead atoms. The molecule has 0 saturated heterocycles. The number of benzene rings is 2. The highest BCUT2D eigenvalue weighted by atomic mass is 16.2. The van der Waals surface area contributed by atoms with Crippen molar-refractivity contribution in [2.24, 2.45) is 0 Å². The van der Waals surface area contributed by atoms with E-state index in [1.54, 1.807) is 6.07 Å². The van der Waals surface area contributed by atoms with Crippen molar-refractivity contribution in [3.63, 3.8) is 0 Å². The Hall–Kier alpha value is -2.88. The third-order valence-electron chi connectivity index (χ3n) is 4.72. The van der Waals surface area contributed by atoms with Gasteiger partial charge in [-0.3, -0.25) is 14.5 Å². The molecular formula is C21H22N2O2. The van der Waals surface area contributed by atoms with Gasteiger partial charge >= 0.3 is 0 Å². The zero-order valence-corrected chi connectivity index (χ0v) is 14.6. The highest BCUT2D eigenvalue weighted by Crippen LogP contribution is 2.31. The molecule has 2 aromatic rings. The molecule has 0 saturated carbocycles. The van der Waals surface area contributed by atoms with Gasteiger partial charge < -0.3 is 5.32 Å². The Balaban J connectivity index is 1.75.